The Balaban J connectivity index is 1.73. The number of hydrogen-bond donors (Lipinski definition) is 1. The number of rotatable bonds is 8. The Morgan fingerprint density at radius 3 is 2.62 bits per heavy atom. The van der Waals surface area contributed by atoms with Crippen molar-refractivity contribution in [3.05, 3.63) is 70.0 Å². The molecule has 0 saturated carbocycles. The van der Waals surface area contributed by atoms with Crippen LogP contribution >= 0.6 is 0 Å². The first-order valence-electron chi connectivity index (χ1n) is 11.9. The van der Waals surface area contributed by atoms with Crippen molar-refractivity contribution >= 4 is 23.3 Å². The molecule has 0 bridgehead atoms. The number of aryl methyl sites for hydroxylation is 1. The molecule has 6 nitrogen and oxygen atoms in total. The Morgan fingerprint density at radius 1 is 1.15 bits per heavy atom. The van der Waals surface area contributed by atoms with Crippen LogP contribution in [0.1, 0.15) is 64.0 Å². The number of Topliss-reactive ketones (excluding diaryl/α,β-unsaturated/α-hetero) is 1. The van der Waals surface area contributed by atoms with Crippen LogP contribution in [-0.4, -0.2) is 28.2 Å². The summed E-state index contributed by atoms with van der Waals surface area (Å²) in [6.07, 6.45) is 9.31. The van der Waals surface area contributed by atoms with Crippen LogP contribution in [-0.2, 0) is 23.9 Å². The number of carbonyl (C=O) groups is 3. The second-order valence-electron chi connectivity index (χ2n) is 9.38. The highest BCUT2D eigenvalue weighted by Crippen LogP contribution is 2.48. The van der Waals surface area contributed by atoms with E-state index in [-0.39, 0.29) is 28.6 Å². The van der Waals surface area contributed by atoms with Crippen molar-refractivity contribution in [3.63, 3.8) is 0 Å². The number of unbranched alkanes of at least 4 members (excludes halogenated alkanes) is 3. The Labute approximate surface area is 199 Å². The summed E-state index contributed by atoms with van der Waals surface area (Å²) in [6, 6.07) is 5.15. The lowest BCUT2D eigenvalue weighted by Crippen LogP contribution is -2.40. The number of carbonyl (C=O) groups excluding carboxylic acids is 3. The van der Waals surface area contributed by atoms with E-state index < -0.39 is 17.4 Å². The zero-order valence-corrected chi connectivity index (χ0v) is 20.1. The SMILES string of the molecule is CCCCCCC(C)C(=O)C1=C2C3=COC(c4c(C)cccc4O)=CC3=CC(=O)[C@]2(C)OC1=O. The number of ketones is 2. The van der Waals surface area contributed by atoms with Crippen molar-refractivity contribution in [2.24, 2.45) is 5.92 Å². The molecule has 0 fully saturated rings. The lowest BCUT2D eigenvalue weighted by atomic mass is 9.74. The summed E-state index contributed by atoms with van der Waals surface area (Å²) >= 11 is 0. The van der Waals surface area contributed by atoms with Gasteiger partial charge in [0.15, 0.2) is 11.4 Å². The van der Waals surface area contributed by atoms with Gasteiger partial charge >= 0.3 is 5.97 Å². The van der Waals surface area contributed by atoms with Crippen molar-refractivity contribution < 1.29 is 29.0 Å². The maximum Gasteiger partial charge on any atom is 0.343 e. The summed E-state index contributed by atoms with van der Waals surface area (Å²) in [4.78, 5) is 39.3. The van der Waals surface area contributed by atoms with Crippen molar-refractivity contribution in [1.29, 1.82) is 0 Å². The second kappa shape index (κ2) is 9.09. The molecule has 0 spiro atoms. The van der Waals surface area contributed by atoms with Crippen molar-refractivity contribution in [3.8, 4) is 5.75 Å². The van der Waals surface area contributed by atoms with Crippen LogP contribution in [0.15, 0.2) is 58.9 Å². The van der Waals surface area contributed by atoms with Gasteiger partial charge in [-0.2, -0.15) is 0 Å². The highest BCUT2D eigenvalue weighted by molar-refractivity contribution is 6.25. The highest BCUT2D eigenvalue weighted by atomic mass is 16.6. The molecule has 1 unspecified atom stereocenters. The average molecular weight is 463 g/mol. The second-order valence-corrected chi connectivity index (χ2v) is 9.38. The van der Waals surface area contributed by atoms with E-state index >= 15 is 0 Å². The minimum atomic E-state index is -1.56. The van der Waals surface area contributed by atoms with Gasteiger partial charge in [0.05, 0.1) is 11.8 Å². The van der Waals surface area contributed by atoms with Gasteiger partial charge in [0, 0.05) is 17.1 Å². The van der Waals surface area contributed by atoms with Gasteiger partial charge in [-0.05, 0) is 49.6 Å². The summed E-state index contributed by atoms with van der Waals surface area (Å²) < 4.78 is 11.4. The zero-order valence-electron chi connectivity index (χ0n) is 20.1. The first-order chi connectivity index (χ1) is 16.2. The molecule has 2 aliphatic heterocycles. The molecule has 1 N–H and O–H groups in total. The molecule has 34 heavy (non-hydrogen) atoms. The number of fused-ring (bicyclic) bond motifs is 3. The van der Waals surface area contributed by atoms with Gasteiger partial charge in [-0.1, -0.05) is 51.7 Å². The molecular weight excluding hydrogens is 432 g/mol. The fraction of sp³-hybridized carbons (Fsp3) is 0.393. The molecule has 0 amide bonds. The first-order valence-corrected chi connectivity index (χ1v) is 11.9. The maximum absolute atomic E-state index is 13.4. The number of allylic oxidation sites excluding steroid dienone is 2. The predicted octanol–water partition coefficient (Wildman–Crippen LogP) is 5.25. The molecular formula is C28H30O6. The minimum absolute atomic E-state index is 0.0574. The molecule has 178 valence electrons. The average Bonchev–Trinajstić information content (AvgIpc) is 3.07. The van der Waals surface area contributed by atoms with Crippen LogP contribution in [0.3, 0.4) is 0 Å². The van der Waals surface area contributed by atoms with Crippen LogP contribution in [0.4, 0.5) is 0 Å². The quantitative estimate of drug-likeness (QED) is 0.322. The minimum Gasteiger partial charge on any atom is -0.507 e. The number of hydrogen-bond acceptors (Lipinski definition) is 6. The van der Waals surface area contributed by atoms with Crippen molar-refractivity contribution in [2.75, 3.05) is 0 Å². The molecule has 1 aliphatic carbocycles. The van der Waals surface area contributed by atoms with Crippen LogP contribution in [0.5, 0.6) is 5.75 Å². The van der Waals surface area contributed by atoms with Gasteiger partial charge in [-0.15, -0.1) is 0 Å². The predicted molar refractivity (Wildman–Crippen MR) is 128 cm³/mol. The third kappa shape index (κ3) is 3.91. The highest BCUT2D eigenvalue weighted by Gasteiger charge is 2.55. The number of benzene rings is 1. The van der Waals surface area contributed by atoms with Gasteiger partial charge in [-0.25, -0.2) is 4.79 Å². The molecule has 0 radical (unpaired) electrons. The Morgan fingerprint density at radius 2 is 1.91 bits per heavy atom. The topological polar surface area (TPSA) is 89.9 Å². The molecule has 0 saturated heterocycles. The molecule has 1 aromatic rings. The number of ether oxygens (including phenoxy) is 2. The molecule has 4 rings (SSSR count). The Hall–Kier alpha value is -3.41. The van der Waals surface area contributed by atoms with E-state index in [2.05, 4.69) is 6.92 Å². The Kier molecular flexibility index (Phi) is 6.34. The van der Waals surface area contributed by atoms with Gasteiger partial charge in [0.1, 0.15) is 17.1 Å². The number of phenolic OH excluding ortho intramolecular Hbond substituents is 1. The third-order valence-electron chi connectivity index (χ3n) is 6.84. The molecule has 2 heterocycles. The largest absolute Gasteiger partial charge is 0.507 e. The Bertz CT molecular complexity index is 1170. The normalized spacial score (nSPS) is 22.2. The molecule has 0 aromatic heterocycles. The van der Waals surface area contributed by atoms with Crippen LogP contribution in [0, 0.1) is 12.8 Å². The van der Waals surface area contributed by atoms with E-state index in [0.29, 0.717) is 28.9 Å². The molecule has 3 aliphatic rings. The van der Waals surface area contributed by atoms with Gasteiger partial charge < -0.3 is 14.6 Å². The van der Waals surface area contributed by atoms with Crippen LogP contribution in [0.2, 0.25) is 0 Å². The number of aromatic hydroxyl groups is 1. The first kappa shape index (κ1) is 23.7. The summed E-state index contributed by atoms with van der Waals surface area (Å²) in [6.45, 7) is 7.31. The summed E-state index contributed by atoms with van der Waals surface area (Å²) in [5.74, 6) is -1.40. The smallest absolute Gasteiger partial charge is 0.343 e. The van der Waals surface area contributed by atoms with Crippen LogP contribution < -0.4 is 0 Å². The summed E-state index contributed by atoms with van der Waals surface area (Å²) in [5, 5.41) is 10.4. The zero-order chi connectivity index (χ0) is 24.6. The lowest BCUT2D eigenvalue weighted by molar-refractivity contribution is -0.153. The van der Waals surface area contributed by atoms with Crippen molar-refractivity contribution in [1.82, 2.24) is 0 Å². The maximum atomic E-state index is 13.4. The third-order valence-corrected chi connectivity index (χ3v) is 6.84. The van der Waals surface area contributed by atoms with Gasteiger partial charge in [0.25, 0.3) is 0 Å². The monoisotopic (exact) mass is 462 g/mol. The number of phenols is 1. The van der Waals surface area contributed by atoms with E-state index in [1.165, 1.54) is 19.3 Å². The standard InChI is InChI=1S/C28H30O6/c1-5-6-7-8-10-17(3)26(31)24-25-19-15-33-21(23-16(2)11-9-12-20(23)29)13-18(19)14-22(30)28(25,4)34-27(24)32/h9,11-15,17,29H,5-8,10H2,1-4H3/t17?,28-/m0/s1. The van der Waals surface area contributed by atoms with E-state index in [4.69, 9.17) is 9.47 Å². The van der Waals surface area contributed by atoms with Gasteiger partial charge in [-0.3, -0.25) is 9.59 Å². The fourth-order valence-electron chi connectivity index (χ4n) is 4.82. The summed E-state index contributed by atoms with van der Waals surface area (Å²) in [5.41, 5.74) is 0.974. The lowest BCUT2D eigenvalue weighted by Gasteiger charge is -2.31. The fourth-order valence-corrected chi connectivity index (χ4v) is 4.82. The molecule has 2 atom stereocenters. The van der Waals surface area contributed by atoms with Crippen LogP contribution in [0.25, 0.3) is 5.76 Å². The molecule has 1 aromatic carbocycles. The van der Waals surface area contributed by atoms with Gasteiger partial charge in [0.2, 0.25) is 5.78 Å². The number of esters is 1. The van der Waals surface area contributed by atoms with E-state index in [1.807, 2.05) is 19.9 Å². The van der Waals surface area contributed by atoms with E-state index in [0.717, 1.165) is 31.2 Å². The van der Waals surface area contributed by atoms with Crippen molar-refractivity contribution in [2.45, 2.75) is 65.4 Å². The summed E-state index contributed by atoms with van der Waals surface area (Å²) in [7, 11) is 0. The molecule has 6 heteroatoms. The van der Waals surface area contributed by atoms with E-state index in [1.54, 1.807) is 18.2 Å². The van der Waals surface area contributed by atoms with E-state index in [9.17, 15) is 19.5 Å².